The maximum absolute atomic E-state index is 5.78. The van der Waals surface area contributed by atoms with Crippen molar-refractivity contribution in [1.29, 1.82) is 0 Å². The van der Waals surface area contributed by atoms with Crippen LogP contribution < -0.4 is 5.32 Å². The van der Waals surface area contributed by atoms with Gasteiger partial charge in [0.1, 0.15) is 0 Å². The molecular weight excluding hydrogens is 222 g/mol. The summed E-state index contributed by atoms with van der Waals surface area (Å²) in [5.74, 6) is 0. The first kappa shape index (κ1) is 15.0. The SMILES string of the molecule is CCCCCCCOC(C)CNc1ccccc1. The largest absolute Gasteiger partial charge is 0.382 e. The zero-order chi connectivity index (χ0) is 13.1. The van der Waals surface area contributed by atoms with Crippen molar-refractivity contribution >= 4 is 5.69 Å². The van der Waals surface area contributed by atoms with Gasteiger partial charge in [-0.3, -0.25) is 0 Å². The molecule has 0 aliphatic carbocycles. The molecule has 0 bridgehead atoms. The molecule has 0 aromatic heterocycles. The Morgan fingerprint density at radius 1 is 1.06 bits per heavy atom. The highest BCUT2D eigenvalue weighted by Crippen LogP contribution is 2.06. The summed E-state index contributed by atoms with van der Waals surface area (Å²) >= 11 is 0. The van der Waals surface area contributed by atoms with Gasteiger partial charge in [0.2, 0.25) is 0 Å². The molecule has 18 heavy (non-hydrogen) atoms. The number of ether oxygens (including phenoxy) is 1. The molecule has 0 amide bonds. The van der Waals surface area contributed by atoms with Gasteiger partial charge >= 0.3 is 0 Å². The topological polar surface area (TPSA) is 21.3 Å². The minimum Gasteiger partial charge on any atom is -0.382 e. The van der Waals surface area contributed by atoms with Gasteiger partial charge in [0.15, 0.2) is 0 Å². The van der Waals surface area contributed by atoms with Crippen LogP contribution in [-0.4, -0.2) is 19.3 Å². The molecule has 0 aliphatic rings. The maximum atomic E-state index is 5.78. The molecule has 1 atom stereocenters. The smallest absolute Gasteiger partial charge is 0.0719 e. The highest BCUT2D eigenvalue weighted by atomic mass is 16.5. The van der Waals surface area contributed by atoms with E-state index in [4.69, 9.17) is 4.74 Å². The second kappa shape index (κ2) is 9.95. The van der Waals surface area contributed by atoms with E-state index in [1.54, 1.807) is 0 Å². The van der Waals surface area contributed by atoms with Crippen LogP contribution in [0, 0.1) is 0 Å². The minimum absolute atomic E-state index is 0.274. The summed E-state index contributed by atoms with van der Waals surface area (Å²) in [7, 11) is 0. The highest BCUT2D eigenvalue weighted by molar-refractivity contribution is 5.42. The standard InChI is InChI=1S/C16H27NO/c1-3-4-5-6-10-13-18-15(2)14-17-16-11-8-7-9-12-16/h7-9,11-12,15,17H,3-6,10,13-14H2,1-2H3. The fourth-order valence-electron chi connectivity index (χ4n) is 1.87. The fourth-order valence-corrected chi connectivity index (χ4v) is 1.87. The normalized spacial score (nSPS) is 12.3. The van der Waals surface area contributed by atoms with Gasteiger partial charge in [0.05, 0.1) is 6.10 Å². The van der Waals surface area contributed by atoms with Crippen molar-refractivity contribution in [1.82, 2.24) is 0 Å². The Kier molecular flexibility index (Phi) is 8.32. The van der Waals surface area contributed by atoms with E-state index < -0.39 is 0 Å². The van der Waals surface area contributed by atoms with Gasteiger partial charge in [-0.2, -0.15) is 0 Å². The van der Waals surface area contributed by atoms with Crippen LogP contribution in [0.4, 0.5) is 5.69 Å². The fraction of sp³-hybridized carbons (Fsp3) is 0.625. The summed E-state index contributed by atoms with van der Waals surface area (Å²) in [5, 5.41) is 3.38. The molecule has 1 unspecified atom stereocenters. The second-order valence-electron chi connectivity index (χ2n) is 4.84. The third-order valence-electron chi connectivity index (χ3n) is 3.02. The van der Waals surface area contributed by atoms with Gasteiger partial charge in [-0.25, -0.2) is 0 Å². The first-order chi connectivity index (χ1) is 8.83. The van der Waals surface area contributed by atoms with Crippen LogP contribution in [0.1, 0.15) is 46.0 Å². The predicted octanol–water partition coefficient (Wildman–Crippen LogP) is 4.47. The third-order valence-corrected chi connectivity index (χ3v) is 3.02. The molecule has 102 valence electrons. The van der Waals surface area contributed by atoms with Gasteiger partial charge in [0.25, 0.3) is 0 Å². The van der Waals surface area contributed by atoms with Crippen LogP contribution in [0.5, 0.6) is 0 Å². The first-order valence-corrected chi connectivity index (χ1v) is 7.23. The van der Waals surface area contributed by atoms with Gasteiger partial charge in [-0.05, 0) is 25.5 Å². The lowest BCUT2D eigenvalue weighted by molar-refractivity contribution is 0.0716. The lowest BCUT2D eigenvalue weighted by Gasteiger charge is -2.14. The van der Waals surface area contributed by atoms with Crippen molar-refractivity contribution in [3.63, 3.8) is 0 Å². The number of para-hydroxylation sites is 1. The monoisotopic (exact) mass is 249 g/mol. The number of benzene rings is 1. The van der Waals surface area contributed by atoms with Crippen LogP contribution in [0.3, 0.4) is 0 Å². The second-order valence-corrected chi connectivity index (χ2v) is 4.84. The Bertz CT molecular complexity index is 286. The molecule has 0 radical (unpaired) electrons. The number of anilines is 1. The lowest BCUT2D eigenvalue weighted by Crippen LogP contribution is -2.20. The Morgan fingerprint density at radius 3 is 2.50 bits per heavy atom. The number of hydrogen-bond donors (Lipinski definition) is 1. The number of hydrogen-bond acceptors (Lipinski definition) is 2. The Hall–Kier alpha value is -1.02. The quantitative estimate of drug-likeness (QED) is 0.618. The van der Waals surface area contributed by atoms with E-state index in [2.05, 4.69) is 31.3 Å². The minimum atomic E-state index is 0.274. The van der Waals surface area contributed by atoms with Crippen LogP contribution in [0.25, 0.3) is 0 Å². The van der Waals surface area contributed by atoms with Crippen molar-refractivity contribution in [2.45, 2.75) is 52.1 Å². The van der Waals surface area contributed by atoms with Crippen molar-refractivity contribution < 1.29 is 4.74 Å². The summed E-state index contributed by atoms with van der Waals surface area (Å²) in [6.45, 7) is 6.14. The summed E-state index contributed by atoms with van der Waals surface area (Å²) < 4.78 is 5.78. The average molecular weight is 249 g/mol. The van der Waals surface area contributed by atoms with Crippen molar-refractivity contribution in [3.8, 4) is 0 Å². The van der Waals surface area contributed by atoms with Gasteiger partial charge in [-0.15, -0.1) is 0 Å². The van der Waals surface area contributed by atoms with E-state index in [1.165, 1.54) is 32.1 Å². The maximum Gasteiger partial charge on any atom is 0.0719 e. The van der Waals surface area contributed by atoms with E-state index in [0.29, 0.717) is 0 Å². The Balaban J connectivity index is 1.99. The van der Waals surface area contributed by atoms with E-state index >= 15 is 0 Å². The van der Waals surface area contributed by atoms with Crippen LogP contribution in [0.2, 0.25) is 0 Å². The Morgan fingerprint density at radius 2 is 1.78 bits per heavy atom. The average Bonchev–Trinajstić information content (AvgIpc) is 2.41. The molecule has 1 aromatic rings. The molecule has 0 heterocycles. The first-order valence-electron chi connectivity index (χ1n) is 7.23. The highest BCUT2D eigenvalue weighted by Gasteiger charge is 2.01. The number of nitrogens with one attached hydrogen (secondary N) is 1. The van der Waals surface area contributed by atoms with Crippen molar-refractivity contribution in [2.24, 2.45) is 0 Å². The molecule has 0 saturated heterocycles. The summed E-state index contributed by atoms with van der Waals surface area (Å²) in [6.07, 6.45) is 6.76. The predicted molar refractivity (Wildman–Crippen MR) is 79.1 cm³/mol. The molecular formula is C16H27NO. The zero-order valence-corrected chi connectivity index (χ0v) is 11.8. The van der Waals surface area contributed by atoms with Gasteiger partial charge in [-0.1, -0.05) is 50.8 Å². The van der Waals surface area contributed by atoms with Crippen LogP contribution in [-0.2, 0) is 4.74 Å². The van der Waals surface area contributed by atoms with Crippen molar-refractivity contribution in [2.75, 3.05) is 18.5 Å². The van der Waals surface area contributed by atoms with E-state index in [-0.39, 0.29) is 6.10 Å². The van der Waals surface area contributed by atoms with Crippen LogP contribution >= 0.6 is 0 Å². The summed E-state index contributed by atoms with van der Waals surface area (Å²) in [6, 6.07) is 10.3. The van der Waals surface area contributed by atoms with Crippen LogP contribution in [0.15, 0.2) is 30.3 Å². The van der Waals surface area contributed by atoms with E-state index in [1.807, 2.05) is 18.2 Å². The molecule has 1 N–H and O–H groups in total. The molecule has 0 saturated carbocycles. The molecule has 0 fully saturated rings. The Labute approximate surface area is 112 Å². The molecule has 0 spiro atoms. The van der Waals surface area contributed by atoms with E-state index in [0.717, 1.165) is 18.8 Å². The molecule has 0 aliphatic heterocycles. The zero-order valence-electron chi connectivity index (χ0n) is 11.8. The van der Waals surface area contributed by atoms with Crippen molar-refractivity contribution in [3.05, 3.63) is 30.3 Å². The third kappa shape index (κ3) is 7.33. The molecule has 1 rings (SSSR count). The lowest BCUT2D eigenvalue weighted by atomic mass is 10.2. The van der Waals surface area contributed by atoms with Gasteiger partial charge in [0, 0.05) is 18.8 Å². The number of rotatable bonds is 10. The molecule has 2 nitrogen and oxygen atoms in total. The summed E-state index contributed by atoms with van der Waals surface area (Å²) in [4.78, 5) is 0. The summed E-state index contributed by atoms with van der Waals surface area (Å²) in [5.41, 5.74) is 1.16. The molecule has 2 heteroatoms. The van der Waals surface area contributed by atoms with Gasteiger partial charge < -0.3 is 10.1 Å². The number of unbranched alkanes of at least 4 members (excludes halogenated alkanes) is 4. The molecule has 1 aromatic carbocycles. The van der Waals surface area contributed by atoms with E-state index in [9.17, 15) is 0 Å².